The Morgan fingerprint density at radius 3 is 2.53 bits per heavy atom. The van der Waals surface area contributed by atoms with Crippen molar-refractivity contribution >= 4 is 40.3 Å². The molecule has 1 aliphatic heterocycles. The highest BCUT2D eigenvalue weighted by Crippen LogP contribution is 2.36. The van der Waals surface area contributed by atoms with Crippen LogP contribution in [0.3, 0.4) is 0 Å². The summed E-state index contributed by atoms with van der Waals surface area (Å²) in [6.07, 6.45) is 3.97. The minimum absolute atomic E-state index is 0.157. The van der Waals surface area contributed by atoms with Crippen LogP contribution < -0.4 is 24.4 Å². The number of para-hydroxylation sites is 1. The average molecular weight is 680 g/mol. The third kappa shape index (κ3) is 6.80. The minimum atomic E-state index is -0.853. The summed E-state index contributed by atoms with van der Waals surface area (Å²) in [6.45, 7) is 8.23. The summed E-state index contributed by atoms with van der Waals surface area (Å²) in [7, 11) is 1.28. The number of hydrogen-bond acceptors (Lipinski definition) is 9. The summed E-state index contributed by atoms with van der Waals surface area (Å²) in [5.41, 5.74) is 5.34. The Morgan fingerprint density at radius 1 is 0.959 bits per heavy atom. The quantitative estimate of drug-likeness (QED) is 0.180. The van der Waals surface area contributed by atoms with Gasteiger partial charge in [-0.3, -0.25) is 9.36 Å². The smallest absolute Gasteiger partial charge is 0.343 e. The number of nitrogens with zero attached hydrogens (tertiary/aromatic N) is 3. The van der Waals surface area contributed by atoms with Crippen molar-refractivity contribution in [3.8, 4) is 11.5 Å². The van der Waals surface area contributed by atoms with Gasteiger partial charge in [0, 0.05) is 29.2 Å². The summed E-state index contributed by atoms with van der Waals surface area (Å²) in [4.78, 5) is 44.8. The van der Waals surface area contributed by atoms with E-state index in [4.69, 9.17) is 23.9 Å². The van der Waals surface area contributed by atoms with Crippen molar-refractivity contribution in [1.29, 1.82) is 0 Å². The standard InChI is InChI=1S/C38H37N3O7S/c1-6-46-31-18-26(15-16-30(31)48-22-33(42)45-5)35-34(37(44)47-7-2)24(4)39-38-41(35)36(43)32(49-38)19-27-21-40(29-14-9-8-13-28(27)29)20-25-12-10-11-23(3)17-25/h8-19,21,35H,6-7,20,22H2,1-5H3/b32-19-/t35-/m1/s1. The second-order valence-corrected chi connectivity index (χ2v) is 12.5. The van der Waals surface area contributed by atoms with Gasteiger partial charge in [-0.05, 0) is 63.1 Å². The normalized spacial score (nSPS) is 14.4. The SMILES string of the molecule is CCOC(=O)C1=C(C)N=c2s/c(=C\c3cn(Cc4cccc(C)c4)c4ccccc34)c(=O)n2[C@@H]1c1ccc(OCC(=O)OC)c(OCC)c1. The topological polar surface area (TPSA) is 110 Å². The van der Waals surface area contributed by atoms with Gasteiger partial charge in [-0.2, -0.15) is 0 Å². The van der Waals surface area contributed by atoms with E-state index >= 15 is 0 Å². The van der Waals surface area contributed by atoms with Crippen LogP contribution in [0.15, 0.2) is 94.0 Å². The molecule has 1 atom stereocenters. The van der Waals surface area contributed by atoms with Crippen LogP contribution in [0.1, 0.15) is 49.1 Å². The molecule has 0 saturated heterocycles. The van der Waals surface area contributed by atoms with Crippen LogP contribution in [0.5, 0.6) is 11.5 Å². The van der Waals surface area contributed by atoms with Crippen LogP contribution >= 0.6 is 11.3 Å². The van der Waals surface area contributed by atoms with Crippen molar-refractivity contribution in [2.45, 2.75) is 40.3 Å². The molecule has 0 spiro atoms. The Morgan fingerprint density at radius 2 is 1.78 bits per heavy atom. The van der Waals surface area contributed by atoms with Gasteiger partial charge < -0.3 is 23.5 Å². The number of aromatic nitrogens is 2. The number of rotatable bonds is 11. The van der Waals surface area contributed by atoms with E-state index in [1.54, 1.807) is 36.6 Å². The molecule has 10 nitrogen and oxygen atoms in total. The molecule has 252 valence electrons. The monoisotopic (exact) mass is 679 g/mol. The molecule has 0 fully saturated rings. The van der Waals surface area contributed by atoms with E-state index in [9.17, 15) is 14.4 Å². The van der Waals surface area contributed by atoms with Crippen LogP contribution in [0, 0.1) is 6.92 Å². The van der Waals surface area contributed by atoms with Gasteiger partial charge in [-0.1, -0.05) is 65.4 Å². The van der Waals surface area contributed by atoms with Crippen molar-refractivity contribution in [2.24, 2.45) is 4.99 Å². The number of carbonyl (C=O) groups is 2. The number of fused-ring (bicyclic) bond motifs is 2. The first kappa shape index (κ1) is 33.5. The van der Waals surface area contributed by atoms with Crippen molar-refractivity contribution in [1.82, 2.24) is 9.13 Å². The zero-order valence-corrected chi connectivity index (χ0v) is 28.8. The lowest BCUT2D eigenvalue weighted by atomic mass is 9.95. The number of aryl methyl sites for hydroxylation is 1. The lowest BCUT2D eigenvalue weighted by molar-refractivity contribution is -0.143. The van der Waals surface area contributed by atoms with Gasteiger partial charge in [0.1, 0.15) is 0 Å². The number of methoxy groups -OCH3 is 1. The molecule has 0 radical (unpaired) electrons. The first-order chi connectivity index (χ1) is 23.7. The lowest BCUT2D eigenvalue weighted by Gasteiger charge is -2.25. The van der Waals surface area contributed by atoms with Gasteiger partial charge >= 0.3 is 11.9 Å². The fourth-order valence-corrected chi connectivity index (χ4v) is 7.09. The number of ether oxygens (including phenoxy) is 4. The van der Waals surface area contributed by atoms with E-state index in [-0.39, 0.29) is 24.3 Å². The van der Waals surface area contributed by atoms with Gasteiger partial charge in [0.2, 0.25) is 0 Å². The Bertz CT molecular complexity index is 2280. The van der Waals surface area contributed by atoms with Gasteiger partial charge in [-0.15, -0.1) is 0 Å². The maximum Gasteiger partial charge on any atom is 0.343 e. The molecule has 1 aliphatic rings. The van der Waals surface area contributed by atoms with Crippen LogP contribution in [-0.4, -0.2) is 48.0 Å². The van der Waals surface area contributed by atoms with Gasteiger partial charge in [0.05, 0.1) is 42.2 Å². The van der Waals surface area contributed by atoms with Crippen LogP contribution in [0.4, 0.5) is 0 Å². The largest absolute Gasteiger partial charge is 0.490 e. The number of esters is 2. The van der Waals surface area contributed by atoms with Gasteiger partial charge in [0.15, 0.2) is 22.9 Å². The Balaban J connectivity index is 1.49. The number of carbonyl (C=O) groups excluding carboxylic acids is 2. The molecule has 0 bridgehead atoms. The van der Waals surface area contributed by atoms with Crippen LogP contribution in [0.25, 0.3) is 17.0 Å². The predicted molar refractivity (Wildman–Crippen MR) is 188 cm³/mol. The molecular weight excluding hydrogens is 642 g/mol. The molecule has 0 unspecified atom stereocenters. The molecule has 49 heavy (non-hydrogen) atoms. The number of hydrogen-bond donors (Lipinski definition) is 0. The third-order valence-electron chi connectivity index (χ3n) is 8.21. The maximum absolute atomic E-state index is 14.4. The third-order valence-corrected chi connectivity index (χ3v) is 9.20. The summed E-state index contributed by atoms with van der Waals surface area (Å²) in [6, 6.07) is 20.8. The number of benzene rings is 3. The van der Waals surface area contributed by atoms with E-state index < -0.39 is 18.0 Å². The highest BCUT2D eigenvalue weighted by atomic mass is 32.1. The first-order valence-electron chi connectivity index (χ1n) is 16.0. The molecule has 0 amide bonds. The highest BCUT2D eigenvalue weighted by molar-refractivity contribution is 7.07. The second-order valence-electron chi connectivity index (χ2n) is 11.5. The van der Waals surface area contributed by atoms with Crippen LogP contribution in [0.2, 0.25) is 0 Å². The van der Waals surface area contributed by atoms with Crippen molar-refractivity contribution in [2.75, 3.05) is 26.9 Å². The zero-order chi connectivity index (χ0) is 34.7. The van der Waals surface area contributed by atoms with Crippen molar-refractivity contribution in [3.63, 3.8) is 0 Å². The maximum atomic E-state index is 14.4. The lowest BCUT2D eigenvalue weighted by Crippen LogP contribution is -2.40. The van der Waals surface area contributed by atoms with E-state index in [1.165, 1.54) is 29.6 Å². The molecule has 5 aromatic rings. The van der Waals surface area contributed by atoms with Crippen molar-refractivity contribution in [3.05, 3.63) is 126 Å². The van der Waals surface area contributed by atoms with E-state index in [2.05, 4.69) is 54.1 Å². The molecule has 11 heteroatoms. The average Bonchev–Trinajstić information content (AvgIpc) is 3.59. The predicted octanol–water partition coefficient (Wildman–Crippen LogP) is 5.06. The zero-order valence-electron chi connectivity index (χ0n) is 28.0. The Hall–Kier alpha value is -5.42. The molecule has 0 aliphatic carbocycles. The number of allylic oxidation sites excluding steroid dienone is 1. The number of thiazole rings is 1. The molecule has 6 rings (SSSR count). The summed E-state index contributed by atoms with van der Waals surface area (Å²) < 4.78 is 25.9. The highest BCUT2D eigenvalue weighted by Gasteiger charge is 2.34. The second kappa shape index (κ2) is 14.4. The Kier molecular flexibility index (Phi) is 9.82. The van der Waals surface area contributed by atoms with E-state index in [1.807, 2.05) is 25.1 Å². The molecule has 2 aromatic heterocycles. The van der Waals surface area contributed by atoms with Gasteiger partial charge in [0.25, 0.3) is 5.56 Å². The molecule has 3 heterocycles. The summed E-state index contributed by atoms with van der Waals surface area (Å²) in [5.74, 6) is -0.430. The van der Waals surface area contributed by atoms with E-state index in [0.717, 1.165) is 16.5 Å². The van der Waals surface area contributed by atoms with E-state index in [0.29, 0.717) is 45.2 Å². The first-order valence-corrected chi connectivity index (χ1v) is 16.8. The Labute approximate surface area is 287 Å². The fraction of sp³-hybridized carbons (Fsp3) is 0.263. The molecule has 3 aromatic carbocycles. The van der Waals surface area contributed by atoms with Crippen LogP contribution in [-0.2, 0) is 25.6 Å². The summed E-state index contributed by atoms with van der Waals surface area (Å²) in [5, 5.41) is 1.02. The molecular formula is C38H37N3O7S. The fourth-order valence-electron chi connectivity index (χ4n) is 6.05. The van der Waals surface area contributed by atoms with Crippen molar-refractivity contribution < 1.29 is 28.5 Å². The molecule has 0 N–H and O–H groups in total. The minimum Gasteiger partial charge on any atom is -0.490 e. The molecule has 0 saturated carbocycles. The summed E-state index contributed by atoms with van der Waals surface area (Å²) >= 11 is 1.27. The van der Waals surface area contributed by atoms with Gasteiger partial charge in [-0.25, -0.2) is 14.6 Å².